The van der Waals surface area contributed by atoms with Crippen molar-refractivity contribution in [3.05, 3.63) is 0 Å². The van der Waals surface area contributed by atoms with Crippen LogP contribution in [0, 0.1) is 0 Å². The number of phosphoric ester groups is 1. The summed E-state index contributed by atoms with van der Waals surface area (Å²) in [5.74, 6) is -2.62. The Hall–Kier alpha value is -1.52. The molecule has 3 unspecified atom stereocenters. The number of unbranched alkanes of at least 4 members (excludes halogenated alkanes) is 2. The molecule has 0 spiro atoms. The molecule has 3 atom stereocenters. The molecule has 0 aliphatic carbocycles. The summed E-state index contributed by atoms with van der Waals surface area (Å²) in [6, 6.07) is -1.54. The third-order valence-electron chi connectivity index (χ3n) is 2.93. The Morgan fingerprint density at radius 1 is 1.12 bits per heavy atom. The minimum Gasteiger partial charge on any atom is -0.480 e. The second kappa shape index (κ2) is 12.8. The zero-order chi connectivity index (χ0) is 20.2. The maximum Gasteiger partial charge on any atom is 0.472 e. The summed E-state index contributed by atoms with van der Waals surface area (Å²) in [6.07, 6.45) is 1.34. The van der Waals surface area contributed by atoms with Gasteiger partial charge in [-0.25, -0.2) is 9.36 Å². The van der Waals surface area contributed by atoms with Gasteiger partial charge in [-0.3, -0.25) is 18.6 Å². The Labute approximate surface area is 151 Å². The number of ether oxygens (including phenoxy) is 1. The van der Waals surface area contributed by atoms with Crippen LogP contribution in [0.1, 0.15) is 39.5 Å². The van der Waals surface area contributed by atoms with Crippen molar-refractivity contribution >= 4 is 25.7 Å². The van der Waals surface area contributed by atoms with Gasteiger partial charge >= 0.3 is 19.8 Å². The van der Waals surface area contributed by atoms with E-state index in [1.165, 1.54) is 0 Å². The number of nitrogens with one attached hydrogen (secondary N) is 1. The van der Waals surface area contributed by atoms with Crippen LogP contribution in [-0.4, -0.2) is 64.9 Å². The van der Waals surface area contributed by atoms with Gasteiger partial charge in [-0.1, -0.05) is 19.8 Å². The first kappa shape index (κ1) is 24.5. The predicted molar refractivity (Wildman–Crippen MR) is 88.1 cm³/mol. The fraction of sp³-hybridized carbons (Fsp3) is 0.786. The Morgan fingerprint density at radius 2 is 1.73 bits per heavy atom. The van der Waals surface area contributed by atoms with E-state index in [0.29, 0.717) is 6.42 Å². The molecule has 0 fully saturated rings. The van der Waals surface area contributed by atoms with E-state index in [4.69, 9.17) is 9.84 Å². The molecular formula is C14H26NO10P. The van der Waals surface area contributed by atoms with E-state index in [-0.39, 0.29) is 6.42 Å². The van der Waals surface area contributed by atoms with Gasteiger partial charge in [0.15, 0.2) is 6.04 Å². The van der Waals surface area contributed by atoms with E-state index in [0.717, 1.165) is 19.8 Å². The lowest BCUT2D eigenvalue weighted by atomic mass is 10.2. The number of hydrogen-bond donors (Lipinski definition) is 4. The van der Waals surface area contributed by atoms with Gasteiger partial charge in [0, 0.05) is 13.3 Å². The molecule has 0 aliphatic rings. The normalized spacial score (nSPS) is 15.5. The van der Waals surface area contributed by atoms with Crippen molar-refractivity contribution in [3.63, 3.8) is 0 Å². The summed E-state index contributed by atoms with van der Waals surface area (Å²) in [5, 5.41) is 20.4. The monoisotopic (exact) mass is 399 g/mol. The van der Waals surface area contributed by atoms with Gasteiger partial charge in [0.25, 0.3) is 0 Å². The molecule has 0 aliphatic heterocycles. The standard InChI is InChI=1S/C14H26NO10P/c1-3-4-5-6-13(18)23-7-11(17)8-24-26(21,22)25-9-12(14(19)20)15-10(2)16/h11-12,17H,3-9H2,1-2H3,(H,15,16)(H,19,20)(H,21,22). The molecule has 0 radical (unpaired) electrons. The van der Waals surface area contributed by atoms with Crippen LogP contribution in [0.4, 0.5) is 0 Å². The summed E-state index contributed by atoms with van der Waals surface area (Å²) in [6.45, 7) is 1.15. The number of carbonyl (C=O) groups is 3. The van der Waals surface area contributed by atoms with Crippen molar-refractivity contribution in [1.29, 1.82) is 0 Å². The molecule has 0 aromatic heterocycles. The summed E-state index contributed by atoms with van der Waals surface area (Å²) in [7, 11) is -4.67. The average molecular weight is 399 g/mol. The third kappa shape index (κ3) is 12.8. The van der Waals surface area contributed by atoms with E-state index >= 15 is 0 Å². The molecule has 0 aromatic rings. The smallest absolute Gasteiger partial charge is 0.472 e. The van der Waals surface area contributed by atoms with E-state index in [1.807, 2.05) is 12.2 Å². The summed E-state index contributed by atoms with van der Waals surface area (Å²) < 4.78 is 25.4. The number of hydrogen-bond acceptors (Lipinski definition) is 8. The minimum absolute atomic E-state index is 0.211. The van der Waals surface area contributed by atoms with Crippen LogP contribution in [0.25, 0.3) is 0 Å². The van der Waals surface area contributed by atoms with Crippen LogP contribution in [0.3, 0.4) is 0 Å². The highest BCUT2D eigenvalue weighted by atomic mass is 31.2. The quantitative estimate of drug-likeness (QED) is 0.180. The summed E-state index contributed by atoms with van der Waals surface area (Å²) >= 11 is 0. The first-order valence-electron chi connectivity index (χ1n) is 8.02. The second-order valence-corrected chi connectivity index (χ2v) is 6.90. The Bertz CT molecular complexity index is 512. The fourth-order valence-corrected chi connectivity index (χ4v) is 2.41. The van der Waals surface area contributed by atoms with Crippen molar-refractivity contribution < 1.29 is 47.8 Å². The number of aliphatic hydroxyl groups excluding tert-OH is 1. The van der Waals surface area contributed by atoms with Gasteiger partial charge in [0.1, 0.15) is 12.7 Å². The average Bonchev–Trinajstić information content (AvgIpc) is 2.54. The van der Waals surface area contributed by atoms with Crippen molar-refractivity contribution in [2.45, 2.75) is 51.7 Å². The number of aliphatic hydroxyl groups is 1. The Balaban J connectivity index is 4.17. The van der Waals surface area contributed by atoms with Crippen LogP contribution in [0.2, 0.25) is 0 Å². The number of rotatable bonds is 14. The highest BCUT2D eigenvalue weighted by molar-refractivity contribution is 7.47. The Morgan fingerprint density at radius 3 is 2.27 bits per heavy atom. The molecular weight excluding hydrogens is 373 g/mol. The maximum atomic E-state index is 11.6. The molecule has 152 valence electrons. The van der Waals surface area contributed by atoms with Crippen molar-refractivity contribution in [1.82, 2.24) is 5.32 Å². The number of carbonyl (C=O) groups excluding carboxylic acids is 2. The molecule has 1 amide bonds. The van der Waals surface area contributed by atoms with Crippen LogP contribution in [-0.2, 0) is 32.7 Å². The zero-order valence-electron chi connectivity index (χ0n) is 14.8. The first-order chi connectivity index (χ1) is 12.1. The van der Waals surface area contributed by atoms with Gasteiger partial charge in [0.05, 0.1) is 13.2 Å². The molecule has 12 heteroatoms. The highest BCUT2D eigenvalue weighted by Gasteiger charge is 2.28. The van der Waals surface area contributed by atoms with E-state index in [9.17, 15) is 28.9 Å². The number of carboxylic acid groups (broad SMARTS) is 1. The van der Waals surface area contributed by atoms with Gasteiger partial charge in [-0.2, -0.15) is 0 Å². The lowest BCUT2D eigenvalue weighted by Gasteiger charge is -2.18. The zero-order valence-corrected chi connectivity index (χ0v) is 15.6. The molecule has 0 bridgehead atoms. The van der Waals surface area contributed by atoms with Crippen molar-refractivity contribution in [3.8, 4) is 0 Å². The molecule has 0 saturated heterocycles. The largest absolute Gasteiger partial charge is 0.480 e. The number of amides is 1. The SMILES string of the molecule is CCCCCC(=O)OCC(O)COP(=O)(O)OCC(NC(C)=O)C(=O)O. The molecule has 11 nitrogen and oxygen atoms in total. The molecule has 26 heavy (non-hydrogen) atoms. The van der Waals surface area contributed by atoms with Crippen LogP contribution < -0.4 is 5.32 Å². The number of esters is 1. The molecule has 0 heterocycles. The van der Waals surface area contributed by atoms with Crippen LogP contribution in [0.5, 0.6) is 0 Å². The number of phosphoric acid groups is 1. The second-order valence-electron chi connectivity index (χ2n) is 5.45. The third-order valence-corrected chi connectivity index (χ3v) is 3.88. The maximum absolute atomic E-state index is 11.6. The van der Waals surface area contributed by atoms with E-state index in [2.05, 4.69) is 9.05 Å². The lowest BCUT2D eigenvalue weighted by Crippen LogP contribution is -2.42. The van der Waals surface area contributed by atoms with Crippen molar-refractivity contribution in [2.24, 2.45) is 0 Å². The lowest BCUT2D eigenvalue weighted by molar-refractivity contribution is -0.147. The predicted octanol–water partition coefficient (Wildman–Crippen LogP) is 0.194. The Kier molecular flexibility index (Phi) is 12.0. The van der Waals surface area contributed by atoms with Gasteiger partial charge in [-0.15, -0.1) is 0 Å². The van der Waals surface area contributed by atoms with E-state index in [1.54, 1.807) is 0 Å². The summed E-state index contributed by atoms with van der Waals surface area (Å²) in [5.41, 5.74) is 0. The molecule has 0 aromatic carbocycles. The van der Waals surface area contributed by atoms with Crippen LogP contribution in [0.15, 0.2) is 0 Å². The molecule has 0 saturated carbocycles. The molecule has 4 N–H and O–H groups in total. The van der Waals surface area contributed by atoms with Gasteiger partial charge in [-0.05, 0) is 6.42 Å². The molecule has 0 rings (SSSR count). The highest BCUT2D eigenvalue weighted by Crippen LogP contribution is 2.43. The number of aliphatic carboxylic acids is 1. The summed E-state index contributed by atoms with van der Waals surface area (Å²) in [4.78, 5) is 42.5. The van der Waals surface area contributed by atoms with Gasteiger partial charge < -0.3 is 25.2 Å². The minimum atomic E-state index is -4.67. The van der Waals surface area contributed by atoms with Gasteiger partial charge in [0.2, 0.25) is 5.91 Å². The first-order valence-corrected chi connectivity index (χ1v) is 9.52. The topological polar surface area (TPSA) is 169 Å². The van der Waals surface area contributed by atoms with Crippen molar-refractivity contribution in [2.75, 3.05) is 19.8 Å². The fourth-order valence-electron chi connectivity index (χ4n) is 1.64. The van der Waals surface area contributed by atoms with E-state index < -0.39 is 57.6 Å². The van der Waals surface area contributed by atoms with Crippen LogP contribution >= 0.6 is 7.82 Å². The number of carboxylic acids is 1.